The average molecular weight is 535 g/mol. The smallest absolute Gasteiger partial charge is 0.289 e. The van der Waals surface area contributed by atoms with Gasteiger partial charge in [-0.2, -0.15) is 0 Å². The highest BCUT2D eigenvalue weighted by molar-refractivity contribution is 6.38. The van der Waals surface area contributed by atoms with E-state index in [0.717, 1.165) is 11.1 Å². The van der Waals surface area contributed by atoms with Crippen LogP contribution in [0.3, 0.4) is 0 Å². The number of benzene rings is 2. The van der Waals surface area contributed by atoms with Crippen LogP contribution in [0.5, 0.6) is 0 Å². The third kappa shape index (κ3) is 5.42. The molecule has 10 heteroatoms. The molecule has 1 aliphatic carbocycles. The molecule has 1 heterocycles. The third-order valence-electron chi connectivity index (χ3n) is 7.35. The first kappa shape index (κ1) is 28.0. The third-order valence-corrected chi connectivity index (χ3v) is 7.35. The summed E-state index contributed by atoms with van der Waals surface area (Å²) >= 11 is 0. The highest BCUT2D eigenvalue weighted by Crippen LogP contribution is 2.47. The van der Waals surface area contributed by atoms with E-state index in [0.29, 0.717) is 24.1 Å². The standard InChI is InChI=1S/C29H34N4O6/c1-16(2)14-23(26(36)32-22(24(34)27(37)30-3)15-17-12-13-31-25(17)35)33-28(38)29(39)20-10-6-4-8-18(20)19-9-5-7-11-21(19)29/h4-11,16-17,22-23,39H,12-15H2,1-3H3,(H,30,37)(H,31,35)(H,32,36)(H,33,38)/t17-,22-,23-/m1/s1. The Morgan fingerprint density at radius 1 is 0.974 bits per heavy atom. The number of amides is 4. The van der Waals surface area contributed by atoms with Crippen LogP contribution in [0.15, 0.2) is 48.5 Å². The molecule has 0 spiro atoms. The van der Waals surface area contributed by atoms with Gasteiger partial charge in [0.2, 0.25) is 17.6 Å². The lowest BCUT2D eigenvalue weighted by molar-refractivity contribution is -0.142. The van der Waals surface area contributed by atoms with Crippen molar-refractivity contribution in [1.82, 2.24) is 21.3 Å². The Morgan fingerprint density at radius 2 is 1.56 bits per heavy atom. The van der Waals surface area contributed by atoms with Gasteiger partial charge in [-0.25, -0.2) is 0 Å². The second kappa shape index (κ2) is 11.4. The topological polar surface area (TPSA) is 154 Å². The first-order valence-corrected chi connectivity index (χ1v) is 13.1. The first-order valence-electron chi connectivity index (χ1n) is 13.1. The van der Waals surface area contributed by atoms with Crippen molar-refractivity contribution >= 4 is 29.4 Å². The molecule has 206 valence electrons. The Kier molecular flexibility index (Phi) is 8.15. The van der Waals surface area contributed by atoms with Gasteiger partial charge in [-0.15, -0.1) is 0 Å². The molecule has 5 N–H and O–H groups in total. The Balaban J connectivity index is 1.60. The zero-order valence-corrected chi connectivity index (χ0v) is 22.2. The summed E-state index contributed by atoms with van der Waals surface area (Å²) in [6, 6.07) is 11.7. The largest absolute Gasteiger partial charge is 0.372 e. The number of likely N-dealkylation sites (N-methyl/N-ethyl adjacent to an activating group) is 1. The van der Waals surface area contributed by atoms with Gasteiger partial charge in [0.25, 0.3) is 11.8 Å². The summed E-state index contributed by atoms with van der Waals surface area (Å²) in [5.74, 6) is -4.03. The van der Waals surface area contributed by atoms with Gasteiger partial charge in [0, 0.05) is 30.6 Å². The Labute approximate surface area is 226 Å². The van der Waals surface area contributed by atoms with Crippen LogP contribution >= 0.6 is 0 Å². The van der Waals surface area contributed by atoms with Crippen LogP contribution in [0, 0.1) is 11.8 Å². The summed E-state index contributed by atoms with van der Waals surface area (Å²) in [6.07, 6.45) is 0.642. The number of Topliss-reactive ketones (excluding diaryl/α,β-unsaturated/α-hetero) is 1. The highest BCUT2D eigenvalue weighted by atomic mass is 16.3. The van der Waals surface area contributed by atoms with Gasteiger partial charge in [-0.1, -0.05) is 62.4 Å². The number of ketones is 1. The number of aliphatic hydroxyl groups is 1. The maximum atomic E-state index is 13.8. The molecule has 1 saturated heterocycles. The maximum Gasteiger partial charge on any atom is 0.289 e. The molecule has 3 atom stereocenters. The van der Waals surface area contributed by atoms with Gasteiger partial charge in [0.05, 0.1) is 6.04 Å². The minimum atomic E-state index is -2.03. The molecule has 10 nitrogen and oxygen atoms in total. The Bertz CT molecular complexity index is 1260. The van der Waals surface area contributed by atoms with Crippen molar-refractivity contribution in [1.29, 1.82) is 0 Å². The van der Waals surface area contributed by atoms with Gasteiger partial charge < -0.3 is 26.4 Å². The lowest BCUT2D eigenvalue weighted by Gasteiger charge is -2.29. The molecule has 2 aromatic carbocycles. The second-order valence-electron chi connectivity index (χ2n) is 10.5. The van der Waals surface area contributed by atoms with Gasteiger partial charge in [-0.3, -0.25) is 24.0 Å². The summed E-state index contributed by atoms with van der Waals surface area (Å²) in [7, 11) is 1.31. The van der Waals surface area contributed by atoms with Crippen molar-refractivity contribution in [2.24, 2.45) is 11.8 Å². The summed E-state index contributed by atoms with van der Waals surface area (Å²) in [5.41, 5.74) is 0.241. The number of carbonyl (C=O) groups is 5. The van der Waals surface area contributed by atoms with E-state index in [9.17, 15) is 29.1 Å². The van der Waals surface area contributed by atoms with Crippen LogP contribution in [0.4, 0.5) is 0 Å². The quantitative estimate of drug-likeness (QED) is 0.284. The van der Waals surface area contributed by atoms with Gasteiger partial charge in [0.1, 0.15) is 6.04 Å². The molecule has 0 unspecified atom stereocenters. The van der Waals surface area contributed by atoms with E-state index in [1.165, 1.54) is 7.05 Å². The van der Waals surface area contributed by atoms with Crippen molar-refractivity contribution in [3.63, 3.8) is 0 Å². The minimum absolute atomic E-state index is 0.0347. The SMILES string of the molecule is CNC(=O)C(=O)[C@@H](C[C@H]1CCNC1=O)NC(=O)[C@@H](CC(C)C)NC(=O)C1(O)c2ccccc2-c2ccccc21. The maximum absolute atomic E-state index is 13.8. The summed E-state index contributed by atoms with van der Waals surface area (Å²) in [6.45, 7) is 4.20. The molecule has 0 aromatic heterocycles. The summed E-state index contributed by atoms with van der Waals surface area (Å²) < 4.78 is 0. The van der Waals surface area contributed by atoms with Crippen molar-refractivity contribution in [2.75, 3.05) is 13.6 Å². The van der Waals surface area contributed by atoms with E-state index in [4.69, 9.17) is 0 Å². The van der Waals surface area contributed by atoms with E-state index in [1.807, 2.05) is 38.1 Å². The monoisotopic (exact) mass is 534 g/mol. The number of hydrogen-bond donors (Lipinski definition) is 5. The minimum Gasteiger partial charge on any atom is -0.372 e. The molecule has 2 aromatic rings. The van der Waals surface area contributed by atoms with Crippen molar-refractivity contribution in [3.8, 4) is 11.1 Å². The van der Waals surface area contributed by atoms with E-state index in [2.05, 4.69) is 21.3 Å². The van der Waals surface area contributed by atoms with E-state index in [1.54, 1.807) is 24.3 Å². The zero-order chi connectivity index (χ0) is 28.3. The lowest BCUT2D eigenvalue weighted by Crippen LogP contribution is -2.57. The molecule has 0 saturated carbocycles. The number of carbonyl (C=O) groups excluding carboxylic acids is 5. The zero-order valence-electron chi connectivity index (χ0n) is 22.2. The van der Waals surface area contributed by atoms with E-state index in [-0.39, 0.29) is 24.7 Å². The molecule has 4 rings (SSSR count). The molecule has 0 radical (unpaired) electrons. The van der Waals surface area contributed by atoms with E-state index < -0.39 is 47.1 Å². The van der Waals surface area contributed by atoms with Crippen LogP contribution in [-0.4, -0.2) is 60.2 Å². The molecule has 4 amide bonds. The first-order chi connectivity index (χ1) is 18.6. The average Bonchev–Trinajstić information content (AvgIpc) is 3.45. The lowest BCUT2D eigenvalue weighted by atomic mass is 9.89. The second-order valence-corrected chi connectivity index (χ2v) is 10.5. The summed E-state index contributed by atoms with van der Waals surface area (Å²) in [5, 5.41) is 22.1. The van der Waals surface area contributed by atoms with Gasteiger partial charge in [-0.05, 0) is 36.3 Å². The van der Waals surface area contributed by atoms with Crippen LogP contribution in [0.2, 0.25) is 0 Å². The Morgan fingerprint density at radius 3 is 2.08 bits per heavy atom. The fourth-order valence-corrected chi connectivity index (χ4v) is 5.36. The molecule has 39 heavy (non-hydrogen) atoms. The predicted octanol–water partition coefficient (Wildman–Crippen LogP) is 0.760. The number of rotatable bonds is 10. The van der Waals surface area contributed by atoms with Crippen molar-refractivity contribution in [2.45, 2.75) is 50.8 Å². The molecule has 1 fully saturated rings. The summed E-state index contributed by atoms with van der Waals surface area (Å²) in [4.78, 5) is 64.4. The van der Waals surface area contributed by atoms with Crippen LogP contribution in [-0.2, 0) is 29.6 Å². The molecule has 0 bridgehead atoms. The van der Waals surface area contributed by atoms with Crippen molar-refractivity contribution in [3.05, 3.63) is 59.7 Å². The number of nitrogens with one attached hydrogen (secondary N) is 4. The van der Waals surface area contributed by atoms with Crippen LogP contribution < -0.4 is 21.3 Å². The molecule has 1 aliphatic heterocycles. The molecular weight excluding hydrogens is 500 g/mol. The Hall–Kier alpha value is -4.05. The number of hydrogen-bond acceptors (Lipinski definition) is 6. The van der Waals surface area contributed by atoms with Gasteiger partial charge >= 0.3 is 0 Å². The van der Waals surface area contributed by atoms with Crippen LogP contribution in [0.25, 0.3) is 11.1 Å². The normalized spacial score (nSPS) is 18.4. The van der Waals surface area contributed by atoms with Crippen LogP contribution in [0.1, 0.15) is 44.2 Å². The van der Waals surface area contributed by atoms with Crippen molar-refractivity contribution < 1.29 is 29.1 Å². The number of fused-ring (bicyclic) bond motifs is 3. The molecular formula is C29H34N4O6. The highest BCUT2D eigenvalue weighted by Gasteiger charge is 2.48. The fourth-order valence-electron chi connectivity index (χ4n) is 5.36. The predicted molar refractivity (Wildman–Crippen MR) is 143 cm³/mol. The van der Waals surface area contributed by atoms with E-state index >= 15 is 0 Å². The fraction of sp³-hybridized carbons (Fsp3) is 0.414. The van der Waals surface area contributed by atoms with Gasteiger partial charge in [0.15, 0.2) is 5.60 Å². The molecule has 2 aliphatic rings.